The summed E-state index contributed by atoms with van der Waals surface area (Å²) in [7, 11) is 2.83. The Balaban J connectivity index is 3.99. The van der Waals surface area contributed by atoms with Crippen molar-refractivity contribution < 1.29 is 46.0 Å². The van der Waals surface area contributed by atoms with Gasteiger partial charge < -0.3 is 36.8 Å². The topological polar surface area (TPSA) is 117 Å². The number of quaternary nitrogens is 2. The van der Waals surface area contributed by atoms with E-state index in [1.165, 1.54) is 24.3 Å². The van der Waals surface area contributed by atoms with Crippen molar-refractivity contribution in [3.63, 3.8) is 0 Å². The van der Waals surface area contributed by atoms with Gasteiger partial charge in [-0.25, -0.2) is 0 Å². The van der Waals surface area contributed by atoms with Crippen molar-refractivity contribution in [1.29, 1.82) is 0 Å². The number of hydrogen-bond donors (Lipinski definition) is 0. The molecule has 12 heteroatoms. The summed E-state index contributed by atoms with van der Waals surface area (Å²) >= 11 is 0. The third kappa shape index (κ3) is 19.0. The molecule has 0 fully saturated rings. The maximum absolute atomic E-state index is 11.5. The lowest BCUT2D eigenvalue weighted by atomic mass is 10.4. The van der Waals surface area contributed by atoms with Gasteiger partial charge in [-0.2, -0.15) is 0 Å². The highest BCUT2D eigenvalue weighted by atomic mass is 31.2. The molecule has 2 atom stereocenters. The fourth-order valence-electron chi connectivity index (χ4n) is 1.46. The fourth-order valence-corrected chi connectivity index (χ4v) is 2.76. The molecule has 0 spiro atoms. The molecule has 0 rings (SSSR count). The molecule has 0 saturated carbocycles. The molecule has 0 saturated heterocycles. The second kappa shape index (κ2) is 12.3. The van der Waals surface area contributed by atoms with Gasteiger partial charge in [-0.05, 0) is 0 Å². The molecule has 0 radical (unpaired) electrons. The van der Waals surface area contributed by atoms with Crippen molar-refractivity contribution >= 4 is 15.6 Å². The van der Waals surface area contributed by atoms with E-state index in [1.54, 1.807) is 0 Å². The largest absolute Gasteiger partial charge is 0.756 e. The molecule has 0 aliphatic heterocycles. The van der Waals surface area contributed by atoms with Crippen molar-refractivity contribution in [2.75, 3.05) is 81.8 Å². The zero-order valence-electron chi connectivity index (χ0n) is 17.6. The highest BCUT2D eigenvalue weighted by Gasteiger charge is 2.13. The normalized spacial score (nSPS) is 17.9. The summed E-state index contributed by atoms with van der Waals surface area (Å²) in [4.78, 5) is 23.1. The number of nitrogens with zero attached hydrogens (tertiary/aromatic N) is 2. The van der Waals surface area contributed by atoms with Gasteiger partial charge in [0.2, 0.25) is 0 Å². The maximum atomic E-state index is 11.5. The molecule has 28 heavy (non-hydrogen) atoms. The predicted octanol–water partition coefficient (Wildman–Crippen LogP) is 0.514. The van der Waals surface area contributed by atoms with Crippen LogP contribution >= 0.6 is 15.6 Å². The zero-order chi connectivity index (χ0) is 21.9. The molecule has 0 aromatic heterocycles. The Morgan fingerprint density at radius 3 is 1.29 bits per heavy atom. The number of phosphoric ester groups is 2. The molecular weight excluding hydrogens is 410 g/mol. The first-order chi connectivity index (χ1) is 12.6. The minimum absolute atomic E-state index is 0.0390. The summed E-state index contributed by atoms with van der Waals surface area (Å²) in [5, 5.41) is 0. The zero-order valence-corrected chi connectivity index (χ0v) is 19.4. The van der Waals surface area contributed by atoms with E-state index in [1.807, 2.05) is 42.3 Å². The monoisotopic (exact) mass is 444 g/mol. The number of allylic oxidation sites excluding steroid dienone is 2. The van der Waals surface area contributed by atoms with Crippen molar-refractivity contribution in [3.8, 4) is 0 Å². The SMILES string of the molecule is C[N+](C)(C)CCOP(=O)([O-])OC/C=C/C=C/COP(=O)([O-])OCC[N+](C)(C)C. The minimum Gasteiger partial charge on any atom is -0.756 e. The van der Waals surface area contributed by atoms with Gasteiger partial charge >= 0.3 is 0 Å². The summed E-state index contributed by atoms with van der Waals surface area (Å²) in [6, 6.07) is 0. The van der Waals surface area contributed by atoms with Crippen LogP contribution in [0.2, 0.25) is 0 Å². The summed E-state index contributed by atoms with van der Waals surface area (Å²) < 4.78 is 43.1. The second-order valence-corrected chi connectivity index (χ2v) is 10.9. The highest BCUT2D eigenvalue weighted by Crippen LogP contribution is 2.38. The smallest absolute Gasteiger partial charge is 0.268 e. The lowest BCUT2D eigenvalue weighted by Crippen LogP contribution is -2.37. The first-order valence-electron chi connectivity index (χ1n) is 8.75. The summed E-state index contributed by atoms with van der Waals surface area (Å²) in [6.07, 6.45) is 5.89. The Morgan fingerprint density at radius 1 is 0.679 bits per heavy atom. The summed E-state index contributed by atoms with van der Waals surface area (Å²) in [6.45, 7) is 0.747. The quantitative estimate of drug-likeness (QED) is 0.204. The Hall–Kier alpha value is -0.380. The van der Waals surface area contributed by atoms with Crippen molar-refractivity contribution in [2.24, 2.45) is 0 Å². The van der Waals surface area contributed by atoms with Crippen LogP contribution in [-0.2, 0) is 27.2 Å². The maximum Gasteiger partial charge on any atom is 0.268 e. The van der Waals surface area contributed by atoms with E-state index in [0.29, 0.717) is 22.1 Å². The van der Waals surface area contributed by atoms with Crippen molar-refractivity contribution in [1.82, 2.24) is 0 Å². The number of rotatable bonds is 15. The van der Waals surface area contributed by atoms with E-state index < -0.39 is 15.6 Å². The van der Waals surface area contributed by atoms with Gasteiger partial charge in [-0.3, -0.25) is 9.13 Å². The lowest BCUT2D eigenvalue weighted by molar-refractivity contribution is -0.870. The molecule has 0 aliphatic carbocycles. The van der Waals surface area contributed by atoms with E-state index in [-0.39, 0.29) is 26.4 Å². The van der Waals surface area contributed by atoms with Crippen LogP contribution in [0.5, 0.6) is 0 Å². The lowest BCUT2D eigenvalue weighted by Gasteiger charge is -2.27. The van der Waals surface area contributed by atoms with Crippen molar-refractivity contribution in [3.05, 3.63) is 24.3 Å². The average Bonchev–Trinajstić information content (AvgIpc) is 2.46. The highest BCUT2D eigenvalue weighted by molar-refractivity contribution is 7.46. The minimum atomic E-state index is -4.34. The third-order valence-electron chi connectivity index (χ3n) is 3.06. The van der Waals surface area contributed by atoms with E-state index >= 15 is 0 Å². The van der Waals surface area contributed by atoms with Crippen LogP contribution < -0.4 is 9.79 Å². The molecule has 0 N–H and O–H groups in total. The molecule has 0 amide bonds. The molecule has 0 aromatic rings. The van der Waals surface area contributed by atoms with E-state index in [0.717, 1.165) is 0 Å². The molecular formula is C16H34N2O8P2. The summed E-state index contributed by atoms with van der Waals surface area (Å²) in [5.41, 5.74) is 0. The Bertz CT molecular complexity index is 544. The molecule has 0 aliphatic rings. The average molecular weight is 444 g/mol. The van der Waals surface area contributed by atoms with Crippen molar-refractivity contribution in [2.45, 2.75) is 0 Å². The van der Waals surface area contributed by atoms with Crippen LogP contribution in [-0.4, -0.2) is 90.8 Å². The Morgan fingerprint density at radius 2 is 1.00 bits per heavy atom. The summed E-state index contributed by atoms with van der Waals surface area (Å²) in [5.74, 6) is 0. The van der Waals surface area contributed by atoms with E-state index in [9.17, 15) is 18.9 Å². The number of phosphoric acid groups is 2. The van der Waals surface area contributed by atoms with Gasteiger partial charge in [0.05, 0.1) is 55.5 Å². The molecule has 10 nitrogen and oxygen atoms in total. The van der Waals surface area contributed by atoms with Gasteiger partial charge in [-0.1, -0.05) is 24.3 Å². The van der Waals surface area contributed by atoms with Gasteiger partial charge in [0.1, 0.15) is 26.3 Å². The molecule has 166 valence electrons. The van der Waals surface area contributed by atoms with Crippen LogP contribution in [0.1, 0.15) is 0 Å². The number of likely N-dealkylation sites (N-methyl/N-ethyl adjacent to an activating group) is 2. The Kier molecular flexibility index (Phi) is 12.2. The van der Waals surface area contributed by atoms with Crippen LogP contribution in [0.3, 0.4) is 0 Å². The van der Waals surface area contributed by atoms with Crippen LogP contribution in [0.4, 0.5) is 0 Å². The fraction of sp³-hybridized carbons (Fsp3) is 0.750. The van der Waals surface area contributed by atoms with Crippen LogP contribution in [0.25, 0.3) is 0 Å². The third-order valence-corrected chi connectivity index (χ3v) is 4.99. The Labute approximate surface area is 168 Å². The molecule has 0 bridgehead atoms. The van der Waals surface area contributed by atoms with E-state index in [2.05, 4.69) is 9.05 Å². The standard InChI is InChI=1S/C16H34N2O8P2/c1-17(2,3)11-15-25-27(19,20)23-13-9-7-8-10-14-24-28(21,22)26-16-12-18(4,5)6/h7-10H,11-16H2,1-6H3/b9-7+,10-8+. The van der Waals surface area contributed by atoms with Gasteiger partial charge in [0, 0.05) is 0 Å². The van der Waals surface area contributed by atoms with Gasteiger partial charge in [-0.15, -0.1) is 0 Å². The van der Waals surface area contributed by atoms with Crippen LogP contribution in [0, 0.1) is 0 Å². The predicted molar refractivity (Wildman–Crippen MR) is 103 cm³/mol. The van der Waals surface area contributed by atoms with Crippen LogP contribution in [0.15, 0.2) is 24.3 Å². The molecule has 2 unspecified atom stereocenters. The first kappa shape index (κ1) is 27.6. The van der Waals surface area contributed by atoms with Gasteiger partial charge in [0.15, 0.2) is 0 Å². The second-order valence-electron chi connectivity index (χ2n) is 8.04. The van der Waals surface area contributed by atoms with Gasteiger partial charge in [0.25, 0.3) is 15.6 Å². The molecule has 0 aromatic carbocycles. The molecule has 0 heterocycles. The first-order valence-corrected chi connectivity index (χ1v) is 11.7. The number of hydrogen-bond acceptors (Lipinski definition) is 8. The van der Waals surface area contributed by atoms with E-state index in [4.69, 9.17) is 9.05 Å².